The molecule has 0 unspecified atom stereocenters. The molecule has 96 valence electrons. The maximum absolute atomic E-state index is 11.6. The third-order valence-corrected chi connectivity index (χ3v) is 3.31. The lowest BCUT2D eigenvalue weighted by molar-refractivity contribution is -0.121. The molecule has 7 heteroatoms. The second-order valence-electron chi connectivity index (χ2n) is 3.79. The smallest absolute Gasteiger partial charge is 0.241 e. The molecule has 0 atom stereocenters. The van der Waals surface area contributed by atoms with Gasteiger partial charge >= 0.3 is 0 Å². The molecule has 18 heavy (non-hydrogen) atoms. The van der Waals surface area contributed by atoms with E-state index in [0.29, 0.717) is 18.8 Å². The van der Waals surface area contributed by atoms with Gasteiger partial charge in [-0.1, -0.05) is 11.3 Å². The highest BCUT2D eigenvalue weighted by molar-refractivity contribution is 7.09. The van der Waals surface area contributed by atoms with Crippen LogP contribution < -0.4 is 11.1 Å². The van der Waals surface area contributed by atoms with Gasteiger partial charge in [0.25, 0.3) is 0 Å². The Balaban J connectivity index is 1.71. The number of aromatic nitrogens is 3. The molecule has 0 radical (unpaired) electrons. The Morgan fingerprint density at radius 3 is 3.11 bits per heavy atom. The van der Waals surface area contributed by atoms with Crippen molar-refractivity contribution in [3.8, 4) is 0 Å². The molecule has 0 saturated heterocycles. The topological polar surface area (TPSA) is 85.8 Å². The predicted molar refractivity (Wildman–Crippen MR) is 68.9 cm³/mol. The average Bonchev–Trinajstić information content (AvgIpc) is 3.00. The fraction of sp³-hybridized carbons (Fsp3) is 0.364. The largest absolute Gasteiger partial charge is 0.354 e. The van der Waals surface area contributed by atoms with Crippen LogP contribution in [0.4, 0.5) is 0 Å². The van der Waals surface area contributed by atoms with Crippen molar-refractivity contribution in [1.29, 1.82) is 0 Å². The molecule has 0 bridgehead atoms. The standard InChI is InChI=1S/C11H15N5OS/c12-6-9-7-16(15-14-9)8-11(17)13-4-3-10-2-1-5-18-10/h1-2,5,7H,3-4,6,8,12H2,(H,13,17). The second kappa shape index (κ2) is 6.27. The Labute approximate surface area is 109 Å². The van der Waals surface area contributed by atoms with Gasteiger partial charge in [-0.25, -0.2) is 4.68 Å². The summed E-state index contributed by atoms with van der Waals surface area (Å²) in [5.41, 5.74) is 6.09. The number of hydrogen-bond donors (Lipinski definition) is 2. The molecule has 0 spiro atoms. The van der Waals surface area contributed by atoms with E-state index in [0.717, 1.165) is 6.42 Å². The van der Waals surface area contributed by atoms with E-state index in [1.807, 2.05) is 11.4 Å². The summed E-state index contributed by atoms with van der Waals surface area (Å²) in [6.07, 6.45) is 2.54. The number of nitrogens with zero attached hydrogens (tertiary/aromatic N) is 3. The zero-order valence-corrected chi connectivity index (χ0v) is 10.7. The normalized spacial score (nSPS) is 10.5. The van der Waals surface area contributed by atoms with Gasteiger partial charge in [0.1, 0.15) is 6.54 Å². The van der Waals surface area contributed by atoms with Crippen LogP contribution in [0.3, 0.4) is 0 Å². The van der Waals surface area contributed by atoms with Crippen molar-refractivity contribution in [2.75, 3.05) is 6.54 Å². The SMILES string of the molecule is NCc1cn(CC(=O)NCCc2cccs2)nn1. The minimum absolute atomic E-state index is 0.0694. The van der Waals surface area contributed by atoms with E-state index in [-0.39, 0.29) is 12.5 Å². The Bertz CT molecular complexity index is 493. The molecule has 2 rings (SSSR count). The number of nitrogens with two attached hydrogens (primary N) is 1. The predicted octanol–water partition coefficient (Wildman–Crippen LogP) is 0.157. The molecule has 2 aromatic rings. The number of carbonyl (C=O) groups is 1. The lowest BCUT2D eigenvalue weighted by Gasteiger charge is -2.03. The Morgan fingerprint density at radius 1 is 1.56 bits per heavy atom. The van der Waals surface area contributed by atoms with Crippen molar-refractivity contribution in [2.24, 2.45) is 5.73 Å². The van der Waals surface area contributed by atoms with Crippen LogP contribution in [0, 0.1) is 0 Å². The first-order valence-electron chi connectivity index (χ1n) is 5.66. The summed E-state index contributed by atoms with van der Waals surface area (Å²) in [5, 5.41) is 12.5. The third kappa shape index (κ3) is 3.64. The molecule has 0 aliphatic carbocycles. The molecule has 0 fully saturated rings. The molecule has 0 aliphatic heterocycles. The summed E-state index contributed by atoms with van der Waals surface area (Å²) in [6.45, 7) is 1.15. The van der Waals surface area contributed by atoms with Crippen molar-refractivity contribution < 1.29 is 4.79 Å². The number of carbonyl (C=O) groups excluding carboxylic acids is 1. The van der Waals surface area contributed by atoms with Crippen LogP contribution >= 0.6 is 11.3 Å². The van der Waals surface area contributed by atoms with Gasteiger partial charge in [0, 0.05) is 18.0 Å². The van der Waals surface area contributed by atoms with E-state index in [1.165, 1.54) is 9.56 Å². The minimum atomic E-state index is -0.0694. The fourth-order valence-corrected chi connectivity index (χ4v) is 2.20. The zero-order valence-electron chi connectivity index (χ0n) is 9.87. The van der Waals surface area contributed by atoms with E-state index >= 15 is 0 Å². The maximum Gasteiger partial charge on any atom is 0.241 e. The van der Waals surface area contributed by atoms with Crippen LogP contribution in [-0.4, -0.2) is 27.4 Å². The number of thiophene rings is 1. The van der Waals surface area contributed by atoms with Gasteiger partial charge in [-0.15, -0.1) is 16.4 Å². The van der Waals surface area contributed by atoms with Crippen molar-refractivity contribution in [2.45, 2.75) is 19.5 Å². The van der Waals surface area contributed by atoms with E-state index < -0.39 is 0 Å². The lowest BCUT2D eigenvalue weighted by atomic mass is 10.3. The molecule has 0 aromatic carbocycles. The van der Waals surface area contributed by atoms with Gasteiger partial charge in [-0.3, -0.25) is 4.79 Å². The summed E-state index contributed by atoms with van der Waals surface area (Å²) in [5.74, 6) is -0.0694. The molecule has 6 nitrogen and oxygen atoms in total. The van der Waals surface area contributed by atoms with Crippen LogP contribution in [0.15, 0.2) is 23.7 Å². The molecule has 3 N–H and O–H groups in total. The number of nitrogens with one attached hydrogen (secondary N) is 1. The summed E-state index contributed by atoms with van der Waals surface area (Å²) >= 11 is 1.69. The van der Waals surface area contributed by atoms with Crippen LogP contribution in [-0.2, 0) is 24.3 Å². The molecule has 2 aromatic heterocycles. The molecule has 0 aliphatic rings. The highest BCUT2D eigenvalue weighted by Gasteiger charge is 2.05. The van der Waals surface area contributed by atoms with Crippen molar-refractivity contribution in [3.63, 3.8) is 0 Å². The van der Waals surface area contributed by atoms with Crippen molar-refractivity contribution in [1.82, 2.24) is 20.3 Å². The van der Waals surface area contributed by atoms with Gasteiger partial charge in [0.15, 0.2) is 0 Å². The Kier molecular flexibility index (Phi) is 4.43. The van der Waals surface area contributed by atoms with Gasteiger partial charge < -0.3 is 11.1 Å². The van der Waals surface area contributed by atoms with E-state index in [9.17, 15) is 4.79 Å². The fourth-order valence-electron chi connectivity index (χ4n) is 1.49. The number of rotatable bonds is 6. The number of amides is 1. The van der Waals surface area contributed by atoms with Gasteiger partial charge in [0.05, 0.1) is 11.9 Å². The zero-order chi connectivity index (χ0) is 12.8. The first kappa shape index (κ1) is 12.7. The highest BCUT2D eigenvalue weighted by Crippen LogP contribution is 2.07. The van der Waals surface area contributed by atoms with E-state index in [1.54, 1.807) is 17.5 Å². The first-order valence-corrected chi connectivity index (χ1v) is 6.54. The molecule has 0 saturated carbocycles. The molecule has 1 amide bonds. The summed E-state index contributed by atoms with van der Waals surface area (Å²) < 4.78 is 1.49. The van der Waals surface area contributed by atoms with Gasteiger partial charge in [-0.05, 0) is 17.9 Å². The van der Waals surface area contributed by atoms with Crippen LogP contribution in [0.1, 0.15) is 10.6 Å². The van der Waals surface area contributed by atoms with Crippen molar-refractivity contribution in [3.05, 3.63) is 34.3 Å². The lowest BCUT2D eigenvalue weighted by Crippen LogP contribution is -2.29. The highest BCUT2D eigenvalue weighted by atomic mass is 32.1. The minimum Gasteiger partial charge on any atom is -0.354 e. The quantitative estimate of drug-likeness (QED) is 0.779. The molecular formula is C11H15N5OS. The summed E-state index contributed by atoms with van der Waals surface area (Å²) in [6, 6.07) is 4.06. The van der Waals surface area contributed by atoms with Gasteiger partial charge in [0.2, 0.25) is 5.91 Å². The van der Waals surface area contributed by atoms with Crippen LogP contribution in [0.2, 0.25) is 0 Å². The maximum atomic E-state index is 11.6. The second-order valence-corrected chi connectivity index (χ2v) is 4.82. The Hall–Kier alpha value is -1.73. The third-order valence-electron chi connectivity index (χ3n) is 2.37. The molecule has 2 heterocycles. The van der Waals surface area contributed by atoms with Gasteiger partial charge in [-0.2, -0.15) is 0 Å². The van der Waals surface area contributed by atoms with Crippen molar-refractivity contribution >= 4 is 17.2 Å². The molecular weight excluding hydrogens is 250 g/mol. The first-order chi connectivity index (χ1) is 8.78. The summed E-state index contributed by atoms with van der Waals surface area (Å²) in [4.78, 5) is 12.9. The van der Waals surface area contributed by atoms with E-state index in [2.05, 4.69) is 21.7 Å². The Morgan fingerprint density at radius 2 is 2.44 bits per heavy atom. The monoisotopic (exact) mass is 265 g/mol. The van der Waals surface area contributed by atoms with E-state index in [4.69, 9.17) is 5.73 Å². The van der Waals surface area contributed by atoms with Crippen LogP contribution in [0.25, 0.3) is 0 Å². The summed E-state index contributed by atoms with van der Waals surface area (Å²) in [7, 11) is 0. The average molecular weight is 265 g/mol. The van der Waals surface area contributed by atoms with Crippen LogP contribution in [0.5, 0.6) is 0 Å². The number of hydrogen-bond acceptors (Lipinski definition) is 5.